The fraction of sp³-hybridized carbons (Fsp3) is 0.794. The third-order valence-electron chi connectivity index (χ3n) is 14.1. The predicted molar refractivity (Wildman–Crippen MR) is 313 cm³/mol. The minimum Gasteiger partial charge on any atom is -0.497 e. The maximum absolute atomic E-state index is 10.9. The molecule has 0 spiro atoms. The van der Waals surface area contributed by atoms with Gasteiger partial charge in [0.2, 0.25) is 0 Å². The van der Waals surface area contributed by atoms with Gasteiger partial charge in [0, 0.05) is 64.1 Å². The number of carboxylic acid groups (broad SMARTS) is 1. The fourth-order valence-electron chi connectivity index (χ4n) is 8.63. The average Bonchev–Trinajstić information content (AvgIpc) is 3.46. The van der Waals surface area contributed by atoms with Gasteiger partial charge in [-0.2, -0.15) is 0 Å². The number of hydrogen-bond donors (Lipinski definition) is 2. The molecule has 23 nitrogen and oxygen atoms in total. The Morgan fingerprint density at radius 1 is 0.488 bits per heavy atom. The summed E-state index contributed by atoms with van der Waals surface area (Å²) in [5, 5.41) is 18.2. The van der Waals surface area contributed by atoms with E-state index in [9.17, 15) is 48.3 Å². The third kappa shape index (κ3) is 39.1. The second-order valence-corrected chi connectivity index (χ2v) is 23.6. The van der Waals surface area contributed by atoms with Crippen molar-refractivity contribution < 1.29 is 110 Å². The van der Waals surface area contributed by atoms with Crippen molar-refractivity contribution in [3.63, 3.8) is 0 Å². The van der Waals surface area contributed by atoms with Crippen LogP contribution in [0.15, 0.2) is 24.7 Å². The standard InChI is InChI=1S/C8H12O5.2C6H10O2.C6H12O2.2C6H10O2.3C5H8O2.2C5H8O/c1-5-2-8(12,3-6(9)10)4-7(11)13-5;1-5-2-3-8-6(7)4-5;1-5-2-3-6(7)8-4-5;1-7-6-4-2-3-5-8-6;1-5-3-2-4-8-6(5)7;1-5-3-2-4-6(7)8-5;1-4-2-5(6)7-3-4;1-4-2-3-7-5(4)6;1-4-2-3-5(6)7-4;1-4-3-6-5(4)2;1-4-3-5(2)6-4/h5,12H,2-4H2,1H3,(H,9,10);2*5H,2-4H2,1H3;6H,2-5H2,1H3;2*5H,2-4H2,1H3;3*4H,2-3H2,1H3;4H,2-3H2,1H3;5H,1,3H2,2H3. The molecule has 0 saturated carbocycles. The Balaban J connectivity index is 0.000000476. The molecule has 11 aliphatic rings. The Morgan fingerprint density at radius 3 is 1.31 bits per heavy atom. The highest BCUT2D eigenvalue weighted by molar-refractivity contribution is 5.75. The quantitative estimate of drug-likeness (QED) is 0.196. The van der Waals surface area contributed by atoms with Crippen LogP contribution in [-0.4, -0.2) is 154 Å². The zero-order valence-corrected chi connectivity index (χ0v) is 53.3. The molecule has 0 aromatic carbocycles. The lowest BCUT2D eigenvalue weighted by Gasteiger charge is -2.33. The van der Waals surface area contributed by atoms with E-state index in [4.69, 9.17) is 52.5 Å². The van der Waals surface area contributed by atoms with Crippen LogP contribution in [0.3, 0.4) is 0 Å². The van der Waals surface area contributed by atoms with Crippen molar-refractivity contribution in [3.05, 3.63) is 24.7 Å². The first-order valence-electron chi connectivity index (χ1n) is 30.6. The van der Waals surface area contributed by atoms with Crippen molar-refractivity contribution in [2.75, 3.05) is 53.4 Å². The number of rotatable bonds is 3. The number of cyclic esters (lactones) is 8. The van der Waals surface area contributed by atoms with Crippen LogP contribution in [0.4, 0.5) is 0 Å². The lowest BCUT2D eigenvalue weighted by Crippen LogP contribution is -2.43. The van der Waals surface area contributed by atoms with E-state index >= 15 is 0 Å². The average molecular weight is 1230 g/mol. The van der Waals surface area contributed by atoms with Gasteiger partial charge in [-0.1, -0.05) is 54.7 Å². The Morgan fingerprint density at radius 2 is 1.03 bits per heavy atom. The largest absolute Gasteiger partial charge is 0.497 e. The van der Waals surface area contributed by atoms with Crippen molar-refractivity contribution in [2.24, 2.45) is 35.5 Å². The Labute approximate surface area is 509 Å². The lowest BCUT2D eigenvalue weighted by molar-refractivity contribution is -0.172. The van der Waals surface area contributed by atoms with Gasteiger partial charge in [-0.05, 0) is 110 Å². The van der Waals surface area contributed by atoms with E-state index in [0.29, 0.717) is 94.9 Å². The van der Waals surface area contributed by atoms with Gasteiger partial charge in [0.05, 0.1) is 100 Å². The van der Waals surface area contributed by atoms with Gasteiger partial charge in [0.1, 0.15) is 12.2 Å². The Bertz CT molecular complexity index is 2010. The highest BCUT2D eigenvalue weighted by Gasteiger charge is 2.40. The normalized spacial score (nSPS) is 30.8. The molecule has 11 rings (SSSR count). The molecule has 11 heterocycles. The minimum absolute atomic E-state index is 0.0312. The number of ether oxygens (including phenoxy) is 12. The van der Waals surface area contributed by atoms with Crippen LogP contribution in [0.5, 0.6) is 0 Å². The molecule has 0 aliphatic carbocycles. The molecule has 0 aromatic heterocycles. The molecule has 86 heavy (non-hydrogen) atoms. The van der Waals surface area contributed by atoms with E-state index in [0.717, 1.165) is 88.9 Å². The summed E-state index contributed by atoms with van der Waals surface area (Å²) < 4.78 is 57.8. The molecule has 23 heteroatoms. The summed E-state index contributed by atoms with van der Waals surface area (Å²) >= 11 is 0. The van der Waals surface area contributed by atoms with E-state index < -0.39 is 30.1 Å². The first kappa shape index (κ1) is 78.2. The zero-order valence-electron chi connectivity index (χ0n) is 53.3. The number of carboxylic acids is 1. The van der Waals surface area contributed by atoms with Crippen LogP contribution >= 0.6 is 0 Å². The van der Waals surface area contributed by atoms with E-state index in [2.05, 4.69) is 43.4 Å². The summed E-state index contributed by atoms with van der Waals surface area (Å²) in [6.45, 7) is 31.6. The Kier molecular flexibility index (Phi) is 39.8. The molecular formula is C63H104O23. The number of esters is 8. The number of aliphatic carboxylic acids is 1. The Hall–Kier alpha value is -5.81. The minimum atomic E-state index is -1.43. The van der Waals surface area contributed by atoms with Gasteiger partial charge in [0.15, 0.2) is 6.29 Å². The van der Waals surface area contributed by atoms with Gasteiger partial charge in [-0.25, -0.2) is 0 Å². The van der Waals surface area contributed by atoms with Crippen LogP contribution in [-0.2, 0) is 100.0 Å². The van der Waals surface area contributed by atoms with Crippen molar-refractivity contribution >= 4 is 53.7 Å². The summed E-state index contributed by atoms with van der Waals surface area (Å²) in [5.41, 5.74) is -1.43. The summed E-state index contributed by atoms with van der Waals surface area (Å²) in [6.07, 6.45) is 15.5. The molecule has 11 fully saturated rings. The molecule has 0 radical (unpaired) electrons. The first-order chi connectivity index (χ1) is 40.5. The number of aliphatic hydroxyl groups is 1. The summed E-state index contributed by atoms with van der Waals surface area (Å²) in [4.78, 5) is 93.9. The van der Waals surface area contributed by atoms with Crippen molar-refractivity contribution in [3.8, 4) is 0 Å². The van der Waals surface area contributed by atoms with E-state index in [1.54, 1.807) is 14.0 Å². The van der Waals surface area contributed by atoms with Gasteiger partial charge in [-0.15, -0.1) is 0 Å². The maximum atomic E-state index is 10.9. The van der Waals surface area contributed by atoms with Crippen LogP contribution in [0.1, 0.15) is 198 Å². The molecule has 0 amide bonds. The zero-order chi connectivity index (χ0) is 64.8. The molecule has 11 saturated heterocycles. The second kappa shape index (κ2) is 43.8. The van der Waals surface area contributed by atoms with E-state index in [-0.39, 0.29) is 85.0 Å². The smallest absolute Gasteiger partial charge is 0.308 e. The summed E-state index contributed by atoms with van der Waals surface area (Å²) in [5.74, 6) is 2.42. The van der Waals surface area contributed by atoms with E-state index in [1.165, 1.54) is 12.8 Å². The maximum Gasteiger partial charge on any atom is 0.308 e. The van der Waals surface area contributed by atoms with Crippen molar-refractivity contribution in [2.45, 2.75) is 234 Å². The van der Waals surface area contributed by atoms with Gasteiger partial charge < -0.3 is 67.1 Å². The molecule has 0 bridgehead atoms. The highest BCUT2D eigenvalue weighted by atomic mass is 16.7. The van der Waals surface area contributed by atoms with Crippen LogP contribution in [0, 0.1) is 35.5 Å². The predicted octanol–water partition coefficient (Wildman–Crippen LogP) is 9.38. The van der Waals surface area contributed by atoms with Crippen LogP contribution < -0.4 is 0 Å². The molecule has 12 unspecified atom stereocenters. The van der Waals surface area contributed by atoms with E-state index in [1.807, 2.05) is 41.5 Å². The fourth-order valence-corrected chi connectivity index (χ4v) is 8.63. The lowest BCUT2D eigenvalue weighted by atomic mass is 9.87. The third-order valence-corrected chi connectivity index (χ3v) is 14.1. The summed E-state index contributed by atoms with van der Waals surface area (Å²) in [6, 6.07) is 0. The molecule has 2 N–H and O–H groups in total. The number of carbonyl (C=O) groups excluding carboxylic acids is 8. The van der Waals surface area contributed by atoms with Crippen molar-refractivity contribution in [1.29, 1.82) is 0 Å². The van der Waals surface area contributed by atoms with Crippen LogP contribution in [0.25, 0.3) is 0 Å². The number of methoxy groups -OCH3 is 1. The van der Waals surface area contributed by atoms with Crippen molar-refractivity contribution in [1.82, 2.24) is 0 Å². The molecule has 11 aliphatic heterocycles. The topological polar surface area (TPSA) is 305 Å². The van der Waals surface area contributed by atoms with Gasteiger partial charge >= 0.3 is 53.7 Å². The highest BCUT2D eigenvalue weighted by Crippen LogP contribution is 2.29. The molecular weight excluding hydrogens is 1120 g/mol. The van der Waals surface area contributed by atoms with Gasteiger partial charge in [-0.3, -0.25) is 43.2 Å². The number of carbonyl (C=O) groups is 9. The van der Waals surface area contributed by atoms with Crippen LogP contribution in [0.2, 0.25) is 0 Å². The monoisotopic (exact) mass is 1230 g/mol. The molecule has 0 aromatic rings. The second-order valence-electron chi connectivity index (χ2n) is 23.6. The number of hydrogen-bond acceptors (Lipinski definition) is 22. The van der Waals surface area contributed by atoms with Gasteiger partial charge in [0.25, 0.3) is 0 Å². The molecule has 12 atom stereocenters. The SMILES string of the molecule is C=C1CC(C)O1.C=C1OCC1C.CC1CC(O)(CC(=O)O)CC(=O)O1.CC1CCC(=O)O1.CC1CCC(=O)OC1.CC1CCCC(=O)O1.CC1CCCOC1=O.CC1CCOC(=O)C1.CC1CCOC1=O.CC1COC(=O)C1.COC1CCCCO1. The molecule has 494 valence electrons. The first-order valence-corrected chi connectivity index (χ1v) is 30.6. The summed E-state index contributed by atoms with van der Waals surface area (Å²) in [7, 11) is 1.69.